The fraction of sp³-hybridized carbons (Fsp3) is 0.143. The third kappa shape index (κ3) is 2.64. The van der Waals surface area contributed by atoms with Crippen molar-refractivity contribution in [2.75, 3.05) is 0 Å². The van der Waals surface area contributed by atoms with Crippen LogP contribution in [0.3, 0.4) is 0 Å². The second kappa shape index (κ2) is 5.17. The molecule has 82 valence electrons. The van der Waals surface area contributed by atoms with E-state index in [0.717, 1.165) is 22.4 Å². The third-order valence-corrected chi connectivity index (χ3v) is 3.05. The SMILES string of the molecule is Cc1ccccc1Oc1ccc(CBr)cc1. The monoisotopic (exact) mass is 276 g/mol. The molecule has 16 heavy (non-hydrogen) atoms. The molecule has 2 heteroatoms. The van der Waals surface area contributed by atoms with E-state index in [2.05, 4.69) is 28.1 Å². The van der Waals surface area contributed by atoms with Gasteiger partial charge in [-0.1, -0.05) is 46.3 Å². The van der Waals surface area contributed by atoms with Crippen LogP contribution >= 0.6 is 15.9 Å². The lowest BCUT2D eigenvalue weighted by atomic mass is 10.2. The van der Waals surface area contributed by atoms with Crippen LogP contribution in [0.4, 0.5) is 0 Å². The first kappa shape index (κ1) is 11.2. The summed E-state index contributed by atoms with van der Waals surface area (Å²) in [6.45, 7) is 2.04. The average molecular weight is 277 g/mol. The van der Waals surface area contributed by atoms with Gasteiger partial charge in [0.15, 0.2) is 0 Å². The zero-order valence-electron chi connectivity index (χ0n) is 9.11. The van der Waals surface area contributed by atoms with Crippen molar-refractivity contribution in [3.05, 3.63) is 59.7 Å². The molecule has 0 radical (unpaired) electrons. The Morgan fingerprint density at radius 1 is 1.00 bits per heavy atom. The van der Waals surface area contributed by atoms with E-state index in [0.29, 0.717) is 0 Å². The molecule has 0 N–H and O–H groups in total. The number of para-hydroxylation sites is 1. The maximum atomic E-state index is 5.79. The van der Waals surface area contributed by atoms with Crippen LogP contribution in [0.15, 0.2) is 48.5 Å². The molecular weight excluding hydrogens is 264 g/mol. The maximum absolute atomic E-state index is 5.79. The average Bonchev–Trinajstić information content (AvgIpc) is 2.33. The normalized spacial score (nSPS) is 10.1. The van der Waals surface area contributed by atoms with E-state index in [-0.39, 0.29) is 0 Å². The van der Waals surface area contributed by atoms with Crippen molar-refractivity contribution in [2.45, 2.75) is 12.3 Å². The Labute approximate surface area is 104 Å². The minimum absolute atomic E-state index is 0.873. The highest BCUT2D eigenvalue weighted by Gasteiger charge is 1.99. The second-order valence-corrected chi connectivity index (χ2v) is 4.21. The highest BCUT2D eigenvalue weighted by Crippen LogP contribution is 2.24. The molecule has 0 saturated heterocycles. The number of aryl methyl sites for hydroxylation is 1. The van der Waals surface area contributed by atoms with Crippen molar-refractivity contribution in [1.29, 1.82) is 0 Å². The molecule has 0 amide bonds. The molecule has 0 heterocycles. The summed E-state index contributed by atoms with van der Waals surface area (Å²) in [4.78, 5) is 0. The van der Waals surface area contributed by atoms with Gasteiger partial charge in [0.2, 0.25) is 0 Å². The molecule has 2 aromatic carbocycles. The van der Waals surface area contributed by atoms with E-state index in [1.807, 2.05) is 43.3 Å². The Morgan fingerprint density at radius 2 is 1.69 bits per heavy atom. The largest absolute Gasteiger partial charge is 0.457 e. The quantitative estimate of drug-likeness (QED) is 0.740. The van der Waals surface area contributed by atoms with Crippen LogP contribution in [0.5, 0.6) is 11.5 Å². The van der Waals surface area contributed by atoms with Gasteiger partial charge >= 0.3 is 0 Å². The molecule has 0 unspecified atom stereocenters. The van der Waals surface area contributed by atoms with Crippen molar-refractivity contribution < 1.29 is 4.74 Å². The van der Waals surface area contributed by atoms with Gasteiger partial charge in [0, 0.05) is 5.33 Å². The van der Waals surface area contributed by atoms with Gasteiger partial charge in [-0.15, -0.1) is 0 Å². The smallest absolute Gasteiger partial charge is 0.130 e. The lowest BCUT2D eigenvalue weighted by molar-refractivity contribution is 0.479. The Morgan fingerprint density at radius 3 is 2.31 bits per heavy atom. The molecule has 2 aromatic rings. The summed E-state index contributed by atoms with van der Waals surface area (Å²) in [7, 11) is 0. The molecule has 0 fully saturated rings. The molecule has 0 spiro atoms. The third-order valence-electron chi connectivity index (χ3n) is 2.40. The fourth-order valence-electron chi connectivity index (χ4n) is 1.44. The van der Waals surface area contributed by atoms with Crippen molar-refractivity contribution in [3.8, 4) is 11.5 Å². The summed E-state index contributed by atoms with van der Waals surface area (Å²) in [5.41, 5.74) is 2.39. The summed E-state index contributed by atoms with van der Waals surface area (Å²) in [5.74, 6) is 1.79. The van der Waals surface area contributed by atoms with Crippen LogP contribution in [0.1, 0.15) is 11.1 Å². The molecule has 0 saturated carbocycles. The summed E-state index contributed by atoms with van der Waals surface area (Å²) in [6.07, 6.45) is 0. The van der Waals surface area contributed by atoms with Crippen LogP contribution in [-0.4, -0.2) is 0 Å². The molecule has 0 aromatic heterocycles. The molecule has 0 atom stereocenters. The molecular formula is C14H13BrO. The molecule has 2 rings (SSSR count). The number of hydrogen-bond donors (Lipinski definition) is 0. The van der Waals surface area contributed by atoms with Crippen LogP contribution in [-0.2, 0) is 5.33 Å². The topological polar surface area (TPSA) is 9.23 Å². The lowest BCUT2D eigenvalue weighted by Gasteiger charge is -2.08. The van der Waals surface area contributed by atoms with E-state index in [1.54, 1.807) is 0 Å². The number of benzene rings is 2. The lowest BCUT2D eigenvalue weighted by Crippen LogP contribution is -1.87. The number of halogens is 1. The first-order chi connectivity index (χ1) is 7.79. The summed E-state index contributed by atoms with van der Waals surface area (Å²) in [5, 5.41) is 0.873. The second-order valence-electron chi connectivity index (χ2n) is 3.65. The fourth-order valence-corrected chi connectivity index (χ4v) is 1.82. The van der Waals surface area contributed by atoms with E-state index < -0.39 is 0 Å². The number of rotatable bonds is 3. The standard InChI is InChI=1S/C14H13BrO/c1-11-4-2-3-5-14(11)16-13-8-6-12(10-15)7-9-13/h2-9H,10H2,1H3. The minimum atomic E-state index is 0.873. The minimum Gasteiger partial charge on any atom is -0.457 e. The summed E-state index contributed by atoms with van der Waals surface area (Å²) in [6, 6.07) is 16.1. The molecule has 0 bridgehead atoms. The Balaban J connectivity index is 2.18. The number of hydrogen-bond acceptors (Lipinski definition) is 1. The van der Waals surface area contributed by atoms with Gasteiger partial charge in [0.05, 0.1) is 0 Å². The van der Waals surface area contributed by atoms with Gasteiger partial charge in [0.25, 0.3) is 0 Å². The van der Waals surface area contributed by atoms with Gasteiger partial charge < -0.3 is 4.74 Å². The number of ether oxygens (including phenoxy) is 1. The van der Waals surface area contributed by atoms with Crippen LogP contribution < -0.4 is 4.74 Å². The highest BCUT2D eigenvalue weighted by atomic mass is 79.9. The Hall–Kier alpha value is -1.28. The van der Waals surface area contributed by atoms with Gasteiger partial charge in [-0.3, -0.25) is 0 Å². The summed E-state index contributed by atoms with van der Waals surface area (Å²) < 4.78 is 5.79. The predicted octanol–water partition coefficient (Wildman–Crippen LogP) is 4.68. The van der Waals surface area contributed by atoms with Crippen molar-refractivity contribution in [3.63, 3.8) is 0 Å². The molecule has 0 aliphatic carbocycles. The van der Waals surface area contributed by atoms with Gasteiger partial charge in [-0.2, -0.15) is 0 Å². The van der Waals surface area contributed by atoms with E-state index in [1.165, 1.54) is 5.56 Å². The van der Waals surface area contributed by atoms with Crippen molar-refractivity contribution >= 4 is 15.9 Å². The maximum Gasteiger partial charge on any atom is 0.130 e. The Kier molecular flexibility index (Phi) is 3.62. The number of alkyl halides is 1. The van der Waals surface area contributed by atoms with E-state index in [9.17, 15) is 0 Å². The zero-order valence-corrected chi connectivity index (χ0v) is 10.7. The van der Waals surface area contributed by atoms with E-state index in [4.69, 9.17) is 4.74 Å². The highest BCUT2D eigenvalue weighted by molar-refractivity contribution is 9.08. The first-order valence-electron chi connectivity index (χ1n) is 5.18. The Bertz CT molecular complexity index is 462. The van der Waals surface area contributed by atoms with Crippen LogP contribution in [0.25, 0.3) is 0 Å². The zero-order chi connectivity index (χ0) is 11.4. The predicted molar refractivity (Wildman–Crippen MR) is 70.3 cm³/mol. The van der Waals surface area contributed by atoms with Crippen molar-refractivity contribution in [1.82, 2.24) is 0 Å². The molecule has 0 aliphatic rings. The summed E-state index contributed by atoms with van der Waals surface area (Å²) >= 11 is 3.42. The first-order valence-corrected chi connectivity index (χ1v) is 6.30. The van der Waals surface area contributed by atoms with Crippen LogP contribution in [0, 0.1) is 6.92 Å². The van der Waals surface area contributed by atoms with Crippen LogP contribution in [0.2, 0.25) is 0 Å². The molecule has 0 aliphatic heterocycles. The molecule has 1 nitrogen and oxygen atoms in total. The van der Waals surface area contributed by atoms with Gasteiger partial charge in [-0.25, -0.2) is 0 Å². The van der Waals surface area contributed by atoms with Crippen molar-refractivity contribution in [2.24, 2.45) is 0 Å². The van der Waals surface area contributed by atoms with Gasteiger partial charge in [0.1, 0.15) is 11.5 Å². The van der Waals surface area contributed by atoms with E-state index >= 15 is 0 Å². The van der Waals surface area contributed by atoms with Gasteiger partial charge in [-0.05, 0) is 36.2 Å².